The first-order chi connectivity index (χ1) is 11.3. The molecule has 2 aliphatic rings. The van der Waals surface area contributed by atoms with E-state index in [-0.39, 0.29) is 5.69 Å². The lowest BCUT2D eigenvalue weighted by Crippen LogP contribution is -2.47. The van der Waals surface area contributed by atoms with Crippen LogP contribution in [0.5, 0.6) is 0 Å². The van der Waals surface area contributed by atoms with Crippen molar-refractivity contribution in [1.29, 1.82) is 0 Å². The zero-order valence-electron chi connectivity index (χ0n) is 13.7. The minimum atomic E-state index is -0.446. The maximum atomic E-state index is 11.4. The molecule has 0 spiro atoms. The van der Waals surface area contributed by atoms with Crippen LogP contribution in [0, 0.1) is 5.92 Å². The van der Waals surface area contributed by atoms with Gasteiger partial charge in [-0.15, -0.1) is 10.2 Å². The van der Waals surface area contributed by atoms with Gasteiger partial charge in [0.05, 0.1) is 7.11 Å². The Hall–Kier alpha value is -1.73. The molecule has 0 amide bonds. The van der Waals surface area contributed by atoms with Crippen molar-refractivity contribution in [2.24, 2.45) is 5.92 Å². The van der Waals surface area contributed by atoms with Crippen LogP contribution in [0.4, 0.5) is 5.82 Å². The van der Waals surface area contributed by atoms with E-state index in [9.17, 15) is 4.79 Å². The predicted molar refractivity (Wildman–Crippen MR) is 87.6 cm³/mol. The Kier molecular flexibility index (Phi) is 5.40. The zero-order chi connectivity index (χ0) is 16.1. The number of hydrogen-bond acceptors (Lipinski definition) is 7. The van der Waals surface area contributed by atoms with Gasteiger partial charge >= 0.3 is 5.97 Å². The number of carbonyl (C=O) groups excluding carboxylic acids is 1. The molecule has 2 saturated heterocycles. The van der Waals surface area contributed by atoms with Crippen LogP contribution in [-0.2, 0) is 4.74 Å². The number of ether oxygens (including phenoxy) is 1. The molecule has 3 rings (SSSR count). The van der Waals surface area contributed by atoms with E-state index >= 15 is 0 Å². The van der Waals surface area contributed by atoms with Crippen molar-refractivity contribution in [3.8, 4) is 0 Å². The number of esters is 1. The first-order valence-corrected chi connectivity index (χ1v) is 8.36. The number of nitrogens with one attached hydrogen (secondary N) is 1. The van der Waals surface area contributed by atoms with Gasteiger partial charge in [-0.1, -0.05) is 0 Å². The molecular formula is C16H25N5O2. The molecule has 0 radical (unpaired) electrons. The monoisotopic (exact) mass is 319 g/mol. The normalized spacial score (nSPS) is 20.5. The van der Waals surface area contributed by atoms with Crippen LogP contribution in [0.2, 0.25) is 0 Å². The SMILES string of the molecule is COC(=O)c1ccc(N2CCC(CN3CCNCC3)CC2)nn1. The van der Waals surface area contributed by atoms with E-state index in [1.165, 1.54) is 39.6 Å². The topological polar surface area (TPSA) is 70.6 Å². The molecule has 2 fully saturated rings. The molecule has 23 heavy (non-hydrogen) atoms. The van der Waals surface area contributed by atoms with E-state index in [0.29, 0.717) is 0 Å². The fourth-order valence-electron chi connectivity index (χ4n) is 3.31. The van der Waals surface area contributed by atoms with Gasteiger partial charge in [0.2, 0.25) is 0 Å². The summed E-state index contributed by atoms with van der Waals surface area (Å²) in [5.74, 6) is 1.17. The Morgan fingerprint density at radius 2 is 1.96 bits per heavy atom. The van der Waals surface area contributed by atoms with E-state index in [1.807, 2.05) is 6.07 Å². The molecule has 0 unspecified atom stereocenters. The van der Waals surface area contributed by atoms with Gasteiger partial charge in [0.25, 0.3) is 0 Å². The summed E-state index contributed by atoms with van der Waals surface area (Å²) in [6.07, 6.45) is 2.37. The Balaban J connectivity index is 1.49. The Morgan fingerprint density at radius 1 is 1.22 bits per heavy atom. The quantitative estimate of drug-likeness (QED) is 0.805. The van der Waals surface area contributed by atoms with Crippen molar-refractivity contribution in [3.63, 3.8) is 0 Å². The number of nitrogens with zero attached hydrogens (tertiary/aromatic N) is 4. The maximum absolute atomic E-state index is 11.4. The summed E-state index contributed by atoms with van der Waals surface area (Å²) in [7, 11) is 1.35. The lowest BCUT2D eigenvalue weighted by Gasteiger charge is -2.36. The third kappa shape index (κ3) is 4.17. The Morgan fingerprint density at radius 3 is 2.57 bits per heavy atom. The third-order valence-electron chi connectivity index (χ3n) is 4.71. The highest BCUT2D eigenvalue weighted by Crippen LogP contribution is 2.22. The lowest BCUT2D eigenvalue weighted by atomic mass is 9.96. The first-order valence-electron chi connectivity index (χ1n) is 8.36. The average molecular weight is 319 g/mol. The molecule has 126 valence electrons. The van der Waals surface area contributed by atoms with Crippen LogP contribution in [0.25, 0.3) is 0 Å². The molecule has 3 heterocycles. The van der Waals surface area contributed by atoms with Crippen molar-refractivity contribution in [3.05, 3.63) is 17.8 Å². The molecule has 1 N–H and O–H groups in total. The fourth-order valence-corrected chi connectivity index (χ4v) is 3.31. The number of hydrogen-bond donors (Lipinski definition) is 1. The summed E-state index contributed by atoms with van der Waals surface area (Å²) in [5, 5.41) is 11.5. The minimum absolute atomic E-state index is 0.254. The summed E-state index contributed by atoms with van der Waals surface area (Å²) in [4.78, 5) is 16.2. The molecule has 7 heteroatoms. The first kappa shape index (κ1) is 16.1. The standard InChI is InChI=1S/C16H25N5O2/c1-23-16(22)14-2-3-15(19-18-14)21-8-4-13(5-9-21)12-20-10-6-17-7-11-20/h2-3,13,17H,4-12H2,1H3. The molecule has 0 aliphatic carbocycles. The van der Waals surface area contributed by atoms with E-state index in [1.54, 1.807) is 6.07 Å². The number of rotatable bonds is 4. The minimum Gasteiger partial charge on any atom is -0.464 e. The molecule has 0 atom stereocenters. The predicted octanol–water partition coefficient (Wildman–Crippen LogP) is 0.385. The number of carbonyl (C=O) groups is 1. The summed E-state index contributed by atoms with van der Waals surface area (Å²) in [6, 6.07) is 3.54. The van der Waals surface area contributed by atoms with Gasteiger partial charge in [-0.2, -0.15) is 0 Å². The Bertz CT molecular complexity index is 508. The van der Waals surface area contributed by atoms with Crippen LogP contribution in [0.3, 0.4) is 0 Å². The number of piperazine rings is 1. The second-order valence-corrected chi connectivity index (χ2v) is 6.25. The number of methoxy groups -OCH3 is 1. The van der Waals surface area contributed by atoms with E-state index in [2.05, 4.69) is 30.1 Å². The van der Waals surface area contributed by atoms with Gasteiger partial charge in [0.15, 0.2) is 11.5 Å². The highest BCUT2D eigenvalue weighted by molar-refractivity contribution is 5.86. The van der Waals surface area contributed by atoms with E-state index < -0.39 is 5.97 Å². The van der Waals surface area contributed by atoms with Gasteiger partial charge in [0, 0.05) is 45.8 Å². The van der Waals surface area contributed by atoms with Gasteiger partial charge in [-0.3, -0.25) is 0 Å². The van der Waals surface area contributed by atoms with Gasteiger partial charge < -0.3 is 19.9 Å². The Labute approximate surface area is 137 Å². The van der Waals surface area contributed by atoms with E-state index in [4.69, 9.17) is 0 Å². The third-order valence-corrected chi connectivity index (χ3v) is 4.71. The molecule has 2 aliphatic heterocycles. The highest BCUT2D eigenvalue weighted by Gasteiger charge is 2.23. The van der Waals surface area contributed by atoms with Gasteiger partial charge in [0.1, 0.15) is 0 Å². The van der Waals surface area contributed by atoms with Crippen LogP contribution in [0.15, 0.2) is 12.1 Å². The van der Waals surface area contributed by atoms with Crippen molar-refractivity contribution in [1.82, 2.24) is 20.4 Å². The maximum Gasteiger partial charge on any atom is 0.358 e. The lowest BCUT2D eigenvalue weighted by molar-refractivity contribution is 0.0592. The molecule has 0 bridgehead atoms. The molecule has 1 aromatic heterocycles. The largest absolute Gasteiger partial charge is 0.464 e. The van der Waals surface area contributed by atoms with Gasteiger partial charge in [-0.05, 0) is 30.9 Å². The second-order valence-electron chi connectivity index (χ2n) is 6.25. The smallest absolute Gasteiger partial charge is 0.358 e. The van der Waals surface area contributed by atoms with Crippen molar-refractivity contribution in [2.75, 3.05) is 57.8 Å². The number of aromatic nitrogens is 2. The summed E-state index contributed by atoms with van der Waals surface area (Å²) >= 11 is 0. The van der Waals surface area contributed by atoms with Crippen molar-refractivity contribution >= 4 is 11.8 Å². The highest BCUT2D eigenvalue weighted by atomic mass is 16.5. The number of anilines is 1. The molecule has 0 saturated carbocycles. The summed E-state index contributed by atoms with van der Waals surface area (Å²) in [5.41, 5.74) is 0.254. The molecule has 7 nitrogen and oxygen atoms in total. The van der Waals surface area contributed by atoms with Crippen LogP contribution < -0.4 is 10.2 Å². The average Bonchev–Trinajstić information content (AvgIpc) is 2.63. The summed E-state index contributed by atoms with van der Waals surface area (Å²) < 4.78 is 4.64. The van der Waals surface area contributed by atoms with Crippen molar-refractivity contribution in [2.45, 2.75) is 12.8 Å². The fraction of sp³-hybridized carbons (Fsp3) is 0.688. The number of piperidine rings is 1. The molecular weight excluding hydrogens is 294 g/mol. The van der Waals surface area contributed by atoms with E-state index in [0.717, 1.165) is 37.9 Å². The van der Waals surface area contributed by atoms with Gasteiger partial charge in [-0.25, -0.2) is 4.79 Å². The van der Waals surface area contributed by atoms with Crippen LogP contribution in [0.1, 0.15) is 23.3 Å². The van der Waals surface area contributed by atoms with Crippen molar-refractivity contribution < 1.29 is 9.53 Å². The molecule has 1 aromatic rings. The molecule has 0 aromatic carbocycles. The zero-order valence-corrected chi connectivity index (χ0v) is 13.7. The van der Waals surface area contributed by atoms with Crippen LogP contribution in [-0.4, -0.2) is 74.0 Å². The summed E-state index contributed by atoms with van der Waals surface area (Å²) in [6.45, 7) is 7.78. The second kappa shape index (κ2) is 7.70. The van der Waals surface area contributed by atoms with Crippen LogP contribution >= 0.6 is 0 Å².